The standard InChI is InChI=1S/C28H22ClF3N4O3S/c1-39-19-12-8-16(9-13-19)22-14-23(17-6-10-18(29)11-7-17)36(35-22)27-34-26(38)24(40-27)15-25(37)33-21-5-3-2-4-20(21)28(30,31)32/h2-13,23-24H,14-15H2,1H3,(H,33,37). The van der Waals surface area contributed by atoms with E-state index in [9.17, 15) is 22.8 Å². The van der Waals surface area contributed by atoms with Crippen LogP contribution in [0, 0.1) is 0 Å². The van der Waals surface area contributed by atoms with Gasteiger partial charge < -0.3 is 10.1 Å². The third-order valence-electron chi connectivity index (χ3n) is 6.39. The number of hydrogen-bond acceptors (Lipinski definition) is 6. The lowest BCUT2D eigenvalue weighted by Crippen LogP contribution is -2.25. The molecule has 3 aromatic rings. The van der Waals surface area contributed by atoms with Gasteiger partial charge >= 0.3 is 6.18 Å². The van der Waals surface area contributed by atoms with Crippen molar-refractivity contribution in [3.63, 3.8) is 0 Å². The number of halogens is 4. The number of amidine groups is 1. The molecule has 2 aliphatic rings. The van der Waals surface area contributed by atoms with Gasteiger partial charge in [-0.1, -0.05) is 47.6 Å². The molecule has 0 bridgehead atoms. The maximum Gasteiger partial charge on any atom is 0.418 e. The summed E-state index contributed by atoms with van der Waals surface area (Å²) in [5.41, 5.74) is 1.21. The van der Waals surface area contributed by atoms with Crippen molar-refractivity contribution in [3.05, 3.63) is 94.5 Å². The molecular formula is C28H22ClF3N4O3S. The van der Waals surface area contributed by atoms with Crippen molar-refractivity contribution in [3.8, 4) is 5.75 Å². The first-order valence-corrected chi connectivity index (χ1v) is 13.4. The lowest BCUT2D eigenvalue weighted by molar-refractivity contribution is -0.137. The molecular weight excluding hydrogens is 565 g/mol. The normalized spacial score (nSPS) is 18.9. The number of nitrogens with one attached hydrogen (secondary N) is 1. The second-order valence-electron chi connectivity index (χ2n) is 9.03. The van der Waals surface area contributed by atoms with Gasteiger partial charge in [0.25, 0.3) is 5.91 Å². The van der Waals surface area contributed by atoms with Crippen molar-refractivity contribution in [1.29, 1.82) is 0 Å². The van der Waals surface area contributed by atoms with Gasteiger partial charge in [-0.15, -0.1) is 0 Å². The Morgan fingerprint density at radius 1 is 1.10 bits per heavy atom. The quantitative estimate of drug-likeness (QED) is 0.354. The Hall–Kier alpha value is -3.83. The highest BCUT2D eigenvalue weighted by molar-refractivity contribution is 8.15. The van der Waals surface area contributed by atoms with Crippen LogP contribution >= 0.6 is 23.4 Å². The summed E-state index contributed by atoms with van der Waals surface area (Å²) in [5.74, 6) is -0.576. The lowest BCUT2D eigenvalue weighted by Gasteiger charge is -2.23. The summed E-state index contributed by atoms with van der Waals surface area (Å²) in [6.07, 6.45) is -4.47. The molecule has 0 saturated carbocycles. The van der Waals surface area contributed by atoms with Crippen LogP contribution in [0.4, 0.5) is 18.9 Å². The second kappa shape index (κ2) is 11.3. The number of anilines is 1. The Morgan fingerprint density at radius 2 is 1.80 bits per heavy atom. The van der Waals surface area contributed by atoms with E-state index >= 15 is 0 Å². The predicted octanol–water partition coefficient (Wildman–Crippen LogP) is 6.55. The molecule has 206 valence electrons. The highest BCUT2D eigenvalue weighted by atomic mass is 35.5. The topological polar surface area (TPSA) is 83.4 Å². The number of aliphatic imine (C=N–C) groups is 1. The molecule has 2 unspecified atom stereocenters. The van der Waals surface area contributed by atoms with Crippen molar-refractivity contribution in [2.45, 2.75) is 30.3 Å². The number of methoxy groups -OCH3 is 1. The number of ether oxygens (including phenoxy) is 1. The number of nitrogens with zero attached hydrogens (tertiary/aromatic N) is 3. The number of benzene rings is 3. The lowest BCUT2D eigenvalue weighted by atomic mass is 9.98. The highest BCUT2D eigenvalue weighted by Gasteiger charge is 2.40. The van der Waals surface area contributed by atoms with E-state index in [1.54, 1.807) is 24.3 Å². The molecule has 0 radical (unpaired) electrons. The first-order chi connectivity index (χ1) is 19.1. The average Bonchev–Trinajstić information content (AvgIpc) is 3.53. The van der Waals surface area contributed by atoms with Crippen molar-refractivity contribution >= 4 is 51.7 Å². The van der Waals surface area contributed by atoms with Crippen LogP contribution in [0.2, 0.25) is 5.02 Å². The van der Waals surface area contributed by atoms with Gasteiger partial charge in [0.05, 0.1) is 30.1 Å². The number of rotatable bonds is 6. The minimum Gasteiger partial charge on any atom is -0.497 e. The van der Waals surface area contributed by atoms with Crippen molar-refractivity contribution in [2.75, 3.05) is 12.4 Å². The van der Waals surface area contributed by atoms with Crippen LogP contribution in [0.15, 0.2) is 82.9 Å². The Labute approximate surface area is 237 Å². The molecule has 0 fully saturated rings. The molecule has 2 heterocycles. The zero-order valence-corrected chi connectivity index (χ0v) is 22.6. The van der Waals surface area contributed by atoms with Gasteiger partial charge in [-0.25, -0.2) is 5.01 Å². The van der Waals surface area contributed by atoms with E-state index in [2.05, 4.69) is 10.3 Å². The molecule has 2 atom stereocenters. The zero-order valence-electron chi connectivity index (χ0n) is 21.0. The van der Waals surface area contributed by atoms with Crippen molar-refractivity contribution in [1.82, 2.24) is 5.01 Å². The molecule has 2 amide bonds. The number of alkyl halides is 3. The number of hydrogen-bond donors (Lipinski definition) is 1. The Morgan fingerprint density at radius 3 is 2.48 bits per heavy atom. The highest BCUT2D eigenvalue weighted by Crippen LogP contribution is 2.39. The zero-order chi connectivity index (χ0) is 28.4. The van der Waals surface area contributed by atoms with Gasteiger partial charge in [0.1, 0.15) is 11.0 Å². The van der Waals surface area contributed by atoms with E-state index in [0.717, 1.165) is 34.7 Å². The Balaban J connectivity index is 1.35. The van der Waals surface area contributed by atoms with Crippen LogP contribution in [-0.4, -0.2) is 40.1 Å². The van der Waals surface area contributed by atoms with Gasteiger partial charge in [-0.2, -0.15) is 23.3 Å². The summed E-state index contributed by atoms with van der Waals surface area (Å²) in [6, 6.07) is 19.1. The van der Waals surface area contributed by atoms with Gasteiger partial charge in [-0.3, -0.25) is 9.59 Å². The predicted molar refractivity (Wildman–Crippen MR) is 149 cm³/mol. The number of thioether (sulfide) groups is 1. The summed E-state index contributed by atoms with van der Waals surface area (Å²) < 4.78 is 45.2. The molecule has 0 spiro atoms. The smallest absolute Gasteiger partial charge is 0.418 e. The summed E-state index contributed by atoms with van der Waals surface area (Å²) in [7, 11) is 1.58. The molecule has 40 heavy (non-hydrogen) atoms. The maximum atomic E-state index is 13.3. The van der Waals surface area contributed by atoms with Gasteiger partial charge in [0.15, 0.2) is 5.17 Å². The van der Waals surface area contributed by atoms with Gasteiger partial charge in [-0.05, 0) is 59.7 Å². The first kappa shape index (κ1) is 27.7. The van der Waals surface area contributed by atoms with Crippen LogP contribution in [0.3, 0.4) is 0 Å². The fourth-order valence-electron chi connectivity index (χ4n) is 4.40. The third kappa shape index (κ3) is 6.00. The maximum absolute atomic E-state index is 13.3. The number of amides is 2. The molecule has 12 heteroatoms. The molecule has 0 saturated heterocycles. The number of para-hydroxylation sites is 1. The van der Waals surface area contributed by atoms with Crippen LogP contribution in [0.1, 0.15) is 35.6 Å². The van der Waals surface area contributed by atoms with E-state index in [-0.39, 0.29) is 18.2 Å². The van der Waals surface area contributed by atoms with E-state index in [1.165, 1.54) is 18.2 Å². The second-order valence-corrected chi connectivity index (χ2v) is 10.6. The van der Waals surface area contributed by atoms with Crippen molar-refractivity contribution < 1.29 is 27.5 Å². The van der Waals surface area contributed by atoms with Crippen molar-refractivity contribution in [2.24, 2.45) is 10.1 Å². The summed E-state index contributed by atoms with van der Waals surface area (Å²) in [5, 5.41) is 8.70. The van der Waals surface area contributed by atoms with Crippen LogP contribution < -0.4 is 10.1 Å². The monoisotopic (exact) mass is 586 g/mol. The summed E-state index contributed by atoms with van der Waals surface area (Å²) in [4.78, 5) is 29.6. The van der Waals surface area contributed by atoms with Gasteiger partial charge in [0.2, 0.25) is 5.91 Å². The fraction of sp³-hybridized carbons (Fsp3) is 0.214. The number of hydrazone groups is 1. The molecule has 0 aliphatic carbocycles. The number of carbonyl (C=O) groups is 2. The van der Waals surface area contributed by atoms with E-state index in [4.69, 9.17) is 21.4 Å². The number of carbonyl (C=O) groups excluding carboxylic acids is 2. The van der Waals surface area contributed by atoms with Gasteiger partial charge in [0, 0.05) is 17.9 Å². The third-order valence-corrected chi connectivity index (χ3v) is 7.78. The van der Waals surface area contributed by atoms with Crippen LogP contribution in [0.5, 0.6) is 5.75 Å². The first-order valence-electron chi connectivity index (χ1n) is 12.1. The molecule has 3 aromatic carbocycles. The molecule has 1 N–H and O–H groups in total. The van der Waals surface area contributed by atoms with Crippen LogP contribution in [0.25, 0.3) is 0 Å². The van der Waals surface area contributed by atoms with E-state index in [0.29, 0.717) is 22.4 Å². The molecule has 5 rings (SSSR count). The summed E-state index contributed by atoms with van der Waals surface area (Å²) >= 11 is 7.15. The minimum atomic E-state index is -4.63. The molecule has 2 aliphatic heterocycles. The van der Waals surface area contributed by atoms with Crippen LogP contribution in [-0.2, 0) is 15.8 Å². The Kier molecular flexibility index (Phi) is 7.86. The van der Waals surface area contributed by atoms with E-state index < -0.39 is 28.8 Å². The minimum absolute atomic E-state index is 0.292. The largest absolute Gasteiger partial charge is 0.497 e. The molecule has 7 nitrogen and oxygen atoms in total. The molecule has 0 aromatic heterocycles. The average molecular weight is 587 g/mol. The van der Waals surface area contributed by atoms with E-state index in [1.807, 2.05) is 36.4 Å². The Bertz CT molecular complexity index is 1490. The fourth-order valence-corrected chi connectivity index (χ4v) is 5.59. The summed E-state index contributed by atoms with van der Waals surface area (Å²) in [6.45, 7) is 0. The SMILES string of the molecule is COc1ccc(C2=NN(C3=NC(=O)C(CC(=O)Nc4ccccc4C(F)(F)F)S3)C(c3ccc(Cl)cc3)C2)cc1.